The van der Waals surface area contributed by atoms with E-state index in [-0.39, 0.29) is 12.1 Å². The molecule has 34 heavy (non-hydrogen) atoms. The summed E-state index contributed by atoms with van der Waals surface area (Å²) in [4.78, 5) is 4.91. The lowest BCUT2D eigenvalue weighted by Crippen LogP contribution is -2.42. The first kappa shape index (κ1) is 23.9. The van der Waals surface area contributed by atoms with Crippen LogP contribution in [0.25, 0.3) is 5.69 Å². The molecule has 1 aliphatic heterocycles. The van der Waals surface area contributed by atoms with E-state index in [1.807, 2.05) is 48.7 Å². The van der Waals surface area contributed by atoms with Crippen molar-refractivity contribution >= 4 is 34.8 Å². The zero-order valence-electron chi connectivity index (χ0n) is 19.6. The Balaban J connectivity index is 1.49. The minimum atomic E-state index is -0.212. The van der Waals surface area contributed by atoms with Crippen molar-refractivity contribution in [3.8, 4) is 11.4 Å². The maximum Gasteiger partial charge on any atom is 0.140 e. The second-order valence-corrected chi connectivity index (χ2v) is 10.5. The highest BCUT2D eigenvalue weighted by Crippen LogP contribution is 2.44. The molecule has 5 rings (SSSR count). The van der Waals surface area contributed by atoms with Gasteiger partial charge in [-0.1, -0.05) is 34.8 Å². The lowest BCUT2D eigenvalue weighted by Gasteiger charge is -2.32. The molecule has 6 nitrogen and oxygen atoms in total. The predicted molar refractivity (Wildman–Crippen MR) is 137 cm³/mol. The fourth-order valence-electron chi connectivity index (χ4n) is 5.18. The minimum absolute atomic E-state index is 0.163. The predicted octanol–water partition coefficient (Wildman–Crippen LogP) is 5.53. The number of hydrogen-bond donors (Lipinski definition) is 0. The average molecular weight is 521 g/mol. The summed E-state index contributed by atoms with van der Waals surface area (Å²) in [5.74, 6) is 2.25. The van der Waals surface area contributed by atoms with Crippen LogP contribution >= 0.6 is 34.8 Å². The number of aromatic nitrogens is 3. The van der Waals surface area contributed by atoms with Gasteiger partial charge in [0.2, 0.25) is 0 Å². The van der Waals surface area contributed by atoms with E-state index in [4.69, 9.17) is 39.5 Å². The number of hydrogen-bond acceptors (Lipinski definition) is 5. The molecule has 2 aromatic carbocycles. The standard InChI is InChI=1S/C25H28Cl3N5O/c1-15-29-30-16(2)33(15)18-5-6-24(22(28)13-18)34-25-20-11-17(26)12-21(27)19(20)14-23(25)32-8-4-7-31(3)9-10-32/h5-6,11-13,23,25H,4,7-10,14H2,1-3H3/t23-,25-/m0/s1. The van der Waals surface area contributed by atoms with Gasteiger partial charge in [0, 0.05) is 28.7 Å². The number of halogens is 3. The molecular weight excluding hydrogens is 493 g/mol. The molecule has 9 heteroatoms. The molecule has 180 valence electrons. The van der Waals surface area contributed by atoms with Crippen molar-refractivity contribution in [2.24, 2.45) is 0 Å². The van der Waals surface area contributed by atoms with Crippen molar-refractivity contribution < 1.29 is 4.74 Å². The summed E-state index contributed by atoms with van der Waals surface area (Å²) in [5.41, 5.74) is 3.07. The normalized spacial score (nSPS) is 21.5. The van der Waals surface area contributed by atoms with Gasteiger partial charge in [0.1, 0.15) is 23.5 Å². The molecule has 0 spiro atoms. The Bertz CT molecular complexity index is 1190. The molecule has 0 amide bonds. The van der Waals surface area contributed by atoms with Gasteiger partial charge in [0.05, 0.1) is 16.8 Å². The highest BCUT2D eigenvalue weighted by Gasteiger charge is 2.40. The summed E-state index contributed by atoms with van der Waals surface area (Å²) in [6.45, 7) is 7.98. The molecule has 3 aromatic rings. The second-order valence-electron chi connectivity index (χ2n) is 9.20. The van der Waals surface area contributed by atoms with Crippen molar-refractivity contribution in [1.82, 2.24) is 24.6 Å². The van der Waals surface area contributed by atoms with E-state index in [1.165, 1.54) is 0 Å². The molecule has 2 heterocycles. The van der Waals surface area contributed by atoms with E-state index >= 15 is 0 Å². The highest BCUT2D eigenvalue weighted by molar-refractivity contribution is 6.35. The van der Waals surface area contributed by atoms with Crippen molar-refractivity contribution in [1.29, 1.82) is 0 Å². The molecule has 1 saturated heterocycles. The first-order chi connectivity index (χ1) is 16.3. The summed E-state index contributed by atoms with van der Waals surface area (Å²) >= 11 is 19.8. The zero-order chi connectivity index (χ0) is 24.0. The van der Waals surface area contributed by atoms with E-state index in [2.05, 4.69) is 27.0 Å². The van der Waals surface area contributed by atoms with E-state index in [0.717, 1.165) is 67.5 Å². The number of rotatable bonds is 4. The van der Waals surface area contributed by atoms with Crippen LogP contribution in [0.15, 0.2) is 30.3 Å². The Hall–Kier alpha value is -1.83. The minimum Gasteiger partial charge on any atom is -0.482 e. The lowest BCUT2D eigenvalue weighted by molar-refractivity contribution is 0.0806. The summed E-state index contributed by atoms with van der Waals surface area (Å²) in [6.07, 6.45) is 1.74. The fraction of sp³-hybridized carbons (Fsp3) is 0.440. The monoisotopic (exact) mass is 519 g/mol. The molecule has 1 aromatic heterocycles. The first-order valence-electron chi connectivity index (χ1n) is 11.6. The Kier molecular flexibility index (Phi) is 6.79. The Labute approximate surface area is 215 Å². The first-order valence-corrected chi connectivity index (χ1v) is 12.7. The Morgan fingerprint density at radius 3 is 2.41 bits per heavy atom. The van der Waals surface area contributed by atoms with Crippen molar-refractivity contribution in [3.05, 3.63) is 68.2 Å². The summed E-state index contributed by atoms with van der Waals surface area (Å²) in [5, 5.41) is 10.2. The van der Waals surface area contributed by atoms with Crippen LogP contribution in [-0.2, 0) is 6.42 Å². The van der Waals surface area contributed by atoms with Crippen LogP contribution in [0.5, 0.6) is 5.75 Å². The second kappa shape index (κ2) is 9.67. The van der Waals surface area contributed by atoms with Crippen molar-refractivity contribution in [2.75, 3.05) is 33.2 Å². The van der Waals surface area contributed by atoms with Gasteiger partial charge in [-0.25, -0.2) is 0 Å². The number of likely N-dealkylation sites (N-methyl/N-ethyl adjacent to an activating group) is 1. The van der Waals surface area contributed by atoms with E-state index in [9.17, 15) is 0 Å². The van der Waals surface area contributed by atoms with Gasteiger partial charge in [0.25, 0.3) is 0 Å². The van der Waals surface area contributed by atoms with Crippen molar-refractivity contribution in [2.45, 2.75) is 38.8 Å². The maximum atomic E-state index is 6.75. The highest BCUT2D eigenvalue weighted by atomic mass is 35.5. The molecule has 0 radical (unpaired) electrons. The summed E-state index contributed by atoms with van der Waals surface area (Å²) in [6, 6.07) is 9.79. The number of nitrogens with zero attached hydrogens (tertiary/aromatic N) is 5. The number of benzene rings is 2. The van der Waals surface area contributed by atoms with Crippen LogP contribution in [0.4, 0.5) is 0 Å². The Morgan fingerprint density at radius 2 is 1.68 bits per heavy atom. The number of fused-ring (bicyclic) bond motifs is 1. The Morgan fingerprint density at radius 1 is 0.912 bits per heavy atom. The molecule has 2 atom stereocenters. The van der Waals surface area contributed by atoms with Gasteiger partial charge in [-0.2, -0.15) is 0 Å². The molecular formula is C25H28Cl3N5O. The van der Waals surface area contributed by atoms with Crippen LogP contribution in [0.1, 0.15) is 35.3 Å². The van der Waals surface area contributed by atoms with E-state index < -0.39 is 0 Å². The van der Waals surface area contributed by atoms with Crippen molar-refractivity contribution in [3.63, 3.8) is 0 Å². The summed E-state index contributed by atoms with van der Waals surface area (Å²) in [7, 11) is 2.18. The molecule has 1 fully saturated rings. The number of aryl methyl sites for hydroxylation is 2. The third kappa shape index (κ3) is 4.54. The van der Waals surface area contributed by atoms with Gasteiger partial charge >= 0.3 is 0 Å². The van der Waals surface area contributed by atoms with Crippen LogP contribution in [0.2, 0.25) is 15.1 Å². The largest absolute Gasteiger partial charge is 0.482 e. The molecule has 2 aliphatic rings. The van der Waals surface area contributed by atoms with Gasteiger partial charge in [0.15, 0.2) is 0 Å². The van der Waals surface area contributed by atoms with Crippen LogP contribution in [-0.4, -0.2) is 63.8 Å². The quantitative estimate of drug-likeness (QED) is 0.453. The maximum absolute atomic E-state index is 6.75. The molecule has 0 bridgehead atoms. The third-order valence-electron chi connectivity index (χ3n) is 6.90. The summed E-state index contributed by atoms with van der Waals surface area (Å²) < 4.78 is 8.63. The topological polar surface area (TPSA) is 46.4 Å². The van der Waals surface area contributed by atoms with Crippen LogP contribution in [0, 0.1) is 13.8 Å². The van der Waals surface area contributed by atoms with E-state index in [0.29, 0.717) is 20.8 Å². The lowest BCUT2D eigenvalue weighted by atomic mass is 10.1. The van der Waals surface area contributed by atoms with Gasteiger partial charge < -0.3 is 9.64 Å². The van der Waals surface area contributed by atoms with Gasteiger partial charge in [-0.3, -0.25) is 9.47 Å². The van der Waals surface area contributed by atoms with Crippen LogP contribution in [0.3, 0.4) is 0 Å². The van der Waals surface area contributed by atoms with Gasteiger partial charge in [-0.05, 0) is 82.7 Å². The zero-order valence-corrected chi connectivity index (χ0v) is 21.8. The third-order valence-corrected chi connectivity index (χ3v) is 7.75. The molecule has 1 aliphatic carbocycles. The van der Waals surface area contributed by atoms with E-state index in [1.54, 1.807) is 0 Å². The van der Waals surface area contributed by atoms with Crippen LogP contribution < -0.4 is 4.74 Å². The molecule has 0 saturated carbocycles. The average Bonchev–Trinajstić information content (AvgIpc) is 3.22. The van der Waals surface area contributed by atoms with Gasteiger partial charge in [-0.15, -0.1) is 10.2 Å². The molecule has 0 N–H and O–H groups in total. The SMILES string of the molecule is Cc1nnc(C)n1-c1ccc(O[C@H]2c3cc(Cl)cc(Cl)c3C[C@@H]2N2CCCN(C)CC2)c(Cl)c1. The molecule has 0 unspecified atom stereocenters. The number of ether oxygens (including phenoxy) is 1. The smallest absolute Gasteiger partial charge is 0.140 e. The fourth-order valence-corrected chi connectivity index (χ4v) is 5.99.